The van der Waals surface area contributed by atoms with Crippen molar-refractivity contribution in [1.29, 1.82) is 0 Å². The summed E-state index contributed by atoms with van der Waals surface area (Å²) in [7, 11) is 1.40. The Morgan fingerprint density at radius 2 is 1.92 bits per heavy atom. The molecule has 9 nitrogen and oxygen atoms in total. The monoisotopic (exact) mass is 541 g/mol. The molecular weight excluding hydrogens is 510 g/mol. The van der Waals surface area contributed by atoms with Crippen molar-refractivity contribution in [2.45, 2.75) is 69.8 Å². The highest BCUT2D eigenvalue weighted by Crippen LogP contribution is 2.41. The van der Waals surface area contributed by atoms with E-state index in [1.165, 1.54) is 19.2 Å². The molecule has 0 bridgehead atoms. The Hall–Kier alpha value is -3.22. The number of halogens is 4. The van der Waals surface area contributed by atoms with E-state index in [-0.39, 0.29) is 66.0 Å². The van der Waals surface area contributed by atoms with E-state index in [2.05, 4.69) is 20.5 Å². The third kappa shape index (κ3) is 5.47. The first-order valence-electron chi connectivity index (χ1n) is 12.5. The van der Waals surface area contributed by atoms with Crippen LogP contribution < -0.4 is 10.1 Å². The minimum atomic E-state index is -4.69. The normalized spacial score (nSPS) is 28.2. The third-order valence-electron chi connectivity index (χ3n) is 7.71. The first-order valence-corrected chi connectivity index (χ1v) is 12.5. The van der Waals surface area contributed by atoms with Crippen LogP contribution >= 0.6 is 0 Å². The molecule has 0 radical (unpaired) electrons. The first kappa shape index (κ1) is 27.8. The first-order chi connectivity index (χ1) is 17.8. The number of aromatic amines is 1. The molecule has 2 aliphatic rings. The van der Waals surface area contributed by atoms with Gasteiger partial charge >= 0.3 is 6.18 Å². The summed E-state index contributed by atoms with van der Waals surface area (Å²) in [6.07, 6.45) is -4.15. The number of alkyl halides is 3. The minimum Gasteiger partial charge on any atom is -0.481 e. The molecule has 0 unspecified atom stereocenters. The van der Waals surface area contributed by atoms with Gasteiger partial charge in [0.15, 0.2) is 17.1 Å². The number of pyridine rings is 1. The predicted octanol–water partition coefficient (Wildman–Crippen LogP) is 3.46. The number of amides is 2. The van der Waals surface area contributed by atoms with Gasteiger partial charge in [0.25, 0.3) is 5.91 Å². The highest BCUT2D eigenvalue weighted by atomic mass is 19.4. The van der Waals surface area contributed by atoms with Crippen LogP contribution in [0.15, 0.2) is 18.3 Å². The molecule has 2 fully saturated rings. The molecule has 38 heavy (non-hydrogen) atoms. The average molecular weight is 542 g/mol. The number of aromatic nitrogens is 3. The Morgan fingerprint density at radius 3 is 2.55 bits per heavy atom. The molecule has 2 amide bonds. The maximum atomic E-state index is 14.3. The van der Waals surface area contributed by atoms with Crippen molar-refractivity contribution < 1.29 is 37.0 Å². The number of nitrogens with zero attached hydrogens (tertiary/aromatic N) is 3. The third-order valence-corrected chi connectivity index (χ3v) is 7.71. The van der Waals surface area contributed by atoms with Crippen molar-refractivity contribution in [1.82, 2.24) is 25.4 Å². The molecule has 3 atom stereocenters. The van der Waals surface area contributed by atoms with E-state index < -0.39 is 42.4 Å². The van der Waals surface area contributed by atoms with Gasteiger partial charge in [-0.25, -0.2) is 9.37 Å². The van der Waals surface area contributed by atoms with E-state index in [4.69, 9.17) is 4.74 Å². The standard InChI is InChI=1S/C25H31F4N5O4/c1-13-12-34(23(36)20-10-19(32-33-20)17-9-21(38-3)30-11-18(17)26)14(2)8-16(13)22(35)31-15-4-6-24(37,7-5-15)25(27,28)29/h9-11,13-16,37H,4-8,12H2,1-3H3,(H,31,35)(H,32,33)/t13-,14+,15-,16-,24-/m0/s1. The zero-order valence-electron chi connectivity index (χ0n) is 21.3. The molecule has 3 heterocycles. The summed E-state index contributed by atoms with van der Waals surface area (Å²) in [5.74, 6) is -1.68. The molecule has 1 saturated heterocycles. The van der Waals surface area contributed by atoms with Gasteiger partial charge in [0.05, 0.1) is 19.0 Å². The minimum absolute atomic E-state index is 0.0362. The number of likely N-dealkylation sites (tertiary alicyclic amines) is 1. The van der Waals surface area contributed by atoms with Crippen LogP contribution in [-0.4, -0.2) is 74.5 Å². The number of ether oxygens (including phenoxy) is 1. The van der Waals surface area contributed by atoms with E-state index in [1.54, 1.807) is 4.90 Å². The van der Waals surface area contributed by atoms with Gasteiger partial charge in [-0.3, -0.25) is 14.7 Å². The van der Waals surface area contributed by atoms with E-state index >= 15 is 0 Å². The van der Waals surface area contributed by atoms with Crippen molar-refractivity contribution in [3.8, 4) is 17.1 Å². The molecule has 0 spiro atoms. The number of H-pyrrole nitrogens is 1. The molecule has 13 heteroatoms. The van der Waals surface area contributed by atoms with Gasteiger partial charge in [-0.2, -0.15) is 18.3 Å². The molecule has 1 saturated carbocycles. The van der Waals surface area contributed by atoms with Crippen LogP contribution in [0.2, 0.25) is 0 Å². The molecule has 4 rings (SSSR count). The maximum Gasteiger partial charge on any atom is 0.417 e. The largest absolute Gasteiger partial charge is 0.481 e. The lowest BCUT2D eigenvalue weighted by molar-refractivity contribution is -0.270. The van der Waals surface area contributed by atoms with Gasteiger partial charge in [-0.05, 0) is 51.0 Å². The highest BCUT2D eigenvalue weighted by Gasteiger charge is 2.54. The van der Waals surface area contributed by atoms with Crippen molar-refractivity contribution in [2.75, 3.05) is 13.7 Å². The smallest absolute Gasteiger partial charge is 0.417 e. The molecular formula is C25H31F4N5O4. The molecule has 3 N–H and O–H groups in total. The van der Waals surface area contributed by atoms with Crippen LogP contribution in [0.25, 0.3) is 11.3 Å². The number of carbonyl (C=O) groups excluding carboxylic acids is 2. The van der Waals surface area contributed by atoms with Gasteiger partial charge in [0.1, 0.15) is 0 Å². The number of nitrogens with one attached hydrogen (secondary N) is 2. The van der Waals surface area contributed by atoms with Crippen LogP contribution in [-0.2, 0) is 4.79 Å². The molecule has 208 valence electrons. The Kier molecular flexibility index (Phi) is 7.69. The summed E-state index contributed by atoms with van der Waals surface area (Å²) in [5.41, 5.74) is -2.18. The predicted molar refractivity (Wildman–Crippen MR) is 128 cm³/mol. The van der Waals surface area contributed by atoms with E-state index in [0.29, 0.717) is 6.42 Å². The SMILES string of the molecule is COc1cc(-c2cc(C(=O)N3C[C@H](C)[C@@H](C(=O)N[C@H]4CC[C@@](O)(C(F)(F)F)CC4)C[C@H]3C)n[nH]2)c(F)cn1. The number of carbonyl (C=O) groups is 2. The zero-order chi connectivity index (χ0) is 27.8. The van der Waals surface area contributed by atoms with Gasteiger partial charge < -0.3 is 20.1 Å². The summed E-state index contributed by atoms with van der Waals surface area (Å²) in [5, 5.41) is 19.4. The van der Waals surface area contributed by atoms with Gasteiger partial charge in [-0.15, -0.1) is 0 Å². The molecule has 2 aromatic heterocycles. The summed E-state index contributed by atoms with van der Waals surface area (Å²) in [6, 6.07) is 2.08. The van der Waals surface area contributed by atoms with Crippen LogP contribution in [0.5, 0.6) is 5.88 Å². The Morgan fingerprint density at radius 1 is 1.24 bits per heavy atom. The molecule has 1 aliphatic carbocycles. The number of rotatable bonds is 5. The lowest BCUT2D eigenvalue weighted by Gasteiger charge is -2.42. The number of methoxy groups -OCH3 is 1. The van der Waals surface area contributed by atoms with Crippen LogP contribution in [0.1, 0.15) is 56.4 Å². The molecule has 1 aliphatic heterocycles. The Labute approximate surface area is 217 Å². The fraction of sp³-hybridized carbons (Fsp3) is 0.600. The molecule has 2 aromatic rings. The van der Waals surface area contributed by atoms with E-state index in [0.717, 1.165) is 6.20 Å². The quantitative estimate of drug-likeness (QED) is 0.499. The number of piperidine rings is 1. The number of hydrogen-bond donors (Lipinski definition) is 3. The van der Waals surface area contributed by atoms with Gasteiger partial charge in [-0.1, -0.05) is 6.92 Å². The summed E-state index contributed by atoms with van der Waals surface area (Å²) >= 11 is 0. The van der Waals surface area contributed by atoms with Gasteiger partial charge in [0, 0.05) is 36.2 Å². The highest BCUT2D eigenvalue weighted by molar-refractivity contribution is 5.94. The van der Waals surface area contributed by atoms with Crippen LogP contribution in [0.3, 0.4) is 0 Å². The Balaban J connectivity index is 1.37. The van der Waals surface area contributed by atoms with Crippen molar-refractivity contribution in [3.63, 3.8) is 0 Å². The van der Waals surface area contributed by atoms with E-state index in [1.807, 2.05) is 13.8 Å². The van der Waals surface area contributed by atoms with Crippen molar-refractivity contribution >= 4 is 11.8 Å². The van der Waals surface area contributed by atoms with Crippen LogP contribution in [0.4, 0.5) is 17.6 Å². The lowest BCUT2D eigenvalue weighted by Crippen LogP contribution is -2.54. The fourth-order valence-corrected chi connectivity index (χ4v) is 5.28. The summed E-state index contributed by atoms with van der Waals surface area (Å²) < 4.78 is 58.5. The van der Waals surface area contributed by atoms with E-state index in [9.17, 15) is 32.3 Å². The molecule has 0 aromatic carbocycles. The fourth-order valence-electron chi connectivity index (χ4n) is 5.28. The van der Waals surface area contributed by atoms with Gasteiger partial charge in [0.2, 0.25) is 11.8 Å². The second-order valence-corrected chi connectivity index (χ2v) is 10.3. The average Bonchev–Trinajstić information content (AvgIpc) is 3.36. The summed E-state index contributed by atoms with van der Waals surface area (Å²) in [6.45, 7) is 3.93. The Bertz CT molecular complexity index is 1180. The number of hydrogen-bond acceptors (Lipinski definition) is 6. The zero-order valence-corrected chi connectivity index (χ0v) is 21.3. The van der Waals surface area contributed by atoms with Crippen molar-refractivity contribution in [3.05, 3.63) is 29.8 Å². The van der Waals surface area contributed by atoms with Crippen LogP contribution in [0, 0.1) is 17.7 Å². The summed E-state index contributed by atoms with van der Waals surface area (Å²) in [4.78, 5) is 31.7. The lowest BCUT2D eigenvalue weighted by atomic mass is 9.80. The number of aliphatic hydroxyl groups is 1. The topological polar surface area (TPSA) is 120 Å². The maximum absolute atomic E-state index is 14.3. The van der Waals surface area contributed by atoms with Crippen molar-refractivity contribution in [2.24, 2.45) is 11.8 Å². The second-order valence-electron chi connectivity index (χ2n) is 10.3. The second kappa shape index (κ2) is 10.5.